The van der Waals surface area contributed by atoms with Gasteiger partial charge in [-0.15, -0.1) is 0 Å². The van der Waals surface area contributed by atoms with Crippen molar-refractivity contribution in [2.45, 2.75) is 59.8 Å². The Morgan fingerprint density at radius 2 is 1.35 bits per heavy atom. The highest BCUT2D eigenvalue weighted by atomic mass is 14.2. The normalized spacial score (nSPS) is 7.94. The third-order valence-electron chi connectivity index (χ3n) is 2.15. The molecule has 0 bridgehead atoms. The van der Waals surface area contributed by atoms with Crippen LogP contribution in [0.15, 0.2) is 30.3 Å². The second kappa shape index (κ2) is 17.1. The van der Waals surface area contributed by atoms with Crippen molar-refractivity contribution in [1.82, 2.24) is 0 Å². The van der Waals surface area contributed by atoms with E-state index in [1.165, 1.54) is 44.6 Å². The van der Waals surface area contributed by atoms with Crippen LogP contribution in [0.2, 0.25) is 0 Å². The maximum atomic E-state index is 7.32. The molecule has 0 aliphatic rings. The number of unbranched alkanes of at least 4 members (excludes halogenated alkanes) is 4. The van der Waals surface area contributed by atoms with Crippen molar-refractivity contribution in [3.8, 4) is 6.07 Å². The first-order valence-corrected chi connectivity index (χ1v) is 6.55. The quantitative estimate of drug-likeness (QED) is 0.630. The van der Waals surface area contributed by atoms with Gasteiger partial charge in [-0.05, 0) is 6.92 Å². The lowest BCUT2D eigenvalue weighted by molar-refractivity contribution is 0.656. The van der Waals surface area contributed by atoms with Crippen LogP contribution in [0.5, 0.6) is 0 Å². The van der Waals surface area contributed by atoms with Gasteiger partial charge < -0.3 is 0 Å². The van der Waals surface area contributed by atoms with Crippen LogP contribution >= 0.6 is 0 Å². The SMILES string of the molecule is CC#N.CCCCCCC.Cc1ccccc1. The lowest BCUT2D eigenvalue weighted by Gasteiger charge is -1.90. The van der Waals surface area contributed by atoms with Crippen molar-refractivity contribution < 1.29 is 0 Å². The van der Waals surface area contributed by atoms with E-state index in [9.17, 15) is 0 Å². The van der Waals surface area contributed by atoms with Crippen LogP contribution in [0.1, 0.15) is 58.4 Å². The van der Waals surface area contributed by atoms with Gasteiger partial charge in [0.05, 0.1) is 6.07 Å². The highest BCUT2D eigenvalue weighted by Gasteiger charge is 1.80. The molecule has 0 heterocycles. The molecule has 0 aromatic heterocycles. The number of rotatable bonds is 4. The number of hydrogen-bond donors (Lipinski definition) is 0. The van der Waals surface area contributed by atoms with E-state index < -0.39 is 0 Å². The lowest BCUT2D eigenvalue weighted by atomic mass is 10.2. The molecule has 0 spiro atoms. The third-order valence-corrected chi connectivity index (χ3v) is 2.15. The second-order valence-electron chi connectivity index (χ2n) is 3.94. The predicted molar refractivity (Wildman–Crippen MR) is 76.9 cm³/mol. The van der Waals surface area contributed by atoms with Gasteiger partial charge in [0.15, 0.2) is 0 Å². The molecule has 0 unspecified atom stereocenters. The molecule has 0 amide bonds. The summed E-state index contributed by atoms with van der Waals surface area (Å²) in [4.78, 5) is 0. The Morgan fingerprint density at radius 3 is 1.59 bits per heavy atom. The molecular weight excluding hydrogens is 206 g/mol. The van der Waals surface area contributed by atoms with E-state index in [4.69, 9.17) is 5.26 Å². The summed E-state index contributed by atoms with van der Waals surface area (Å²) < 4.78 is 0. The topological polar surface area (TPSA) is 23.8 Å². The second-order valence-corrected chi connectivity index (χ2v) is 3.94. The Labute approximate surface area is 107 Å². The van der Waals surface area contributed by atoms with E-state index in [1.807, 2.05) is 18.2 Å². The first-order valence-electron chi connectivity index (χ1n) is 6.55. The Morgan fingerprint density at radius 1 is 0.941 bits per heavy atom. The molecule has 1 aromatic rings. The van der Waals surface area contributed by atoms with Gasteiger partial charge in [0.1, 0.15) is 0 Å². The van der Waals surface area contributed by atoms with Gasteiger partial charge in [0.2, 0.25) is 0 Å². The molecule has 96 valence electrons. The summed E-state index contributed by atoms with van der Waals surface area (Å²) in [7, 11) is 0. The third kappa shape index (κ3) is 20.7. The standard InChI is InChI=1S/C7H8.C7H16.C2H3N/c1-7-5-3-2-4-6-7;1-3-5-7-6-4-2;1-2-3/h2-6H,1H3;3-7H2,1-2H3;1H3. The minimum absolute atomic E-state index is 1.32. The highest BCUT2D eigenvalue weighted by Crippen LogP contribution is 2.00. The van der Waals surface area contributed by atoms with Crippen molar-refractivity contribution in [1.29, 1.82) is 5.26 Å². The summed E-state index contributed by atoms with van der Waals surface area (Å²) in [5.74, 6) is 0. The summed E-state index contributed by atoms with van der Waals surface area (Å²) in [5, 5.41) is 7.32. The van der Waals surface area contributed by atoms with Gasteiger partial charge in [0.25, 0.3) is 0 Å². The van der Waals surface area contributed by atoms with Crippen molar-refractivity contribution in [2.75, 3.05) is 0 Å². The van der Waals surface area contributed by atoms with E-state index in [2.05, 4.69) is 32.9 Å². The molecule has 1 aromatic carbocycles. The minimum atomic E-state index is 1.32. The van der Waals surface area contributed by atoms with Crippen molar-refractivity contribution in [3.63, 3.8) is 0 Å². The van der Waals surface area contributed by atoms with Crippen LogP contribution in [0, 0.1) is 18.3 Å². The summed E-state index contributed by atoms with van der Waals surface area (Å²) in [6, 6.07) is 12.0. The maximum absolute atomic E-state index is 7.32. The van der Waals surface area contributed by atoms with Gasteiger partial charge in [0, 0.05) is 6.92 Å². The molecule has 0 atom stereocenters. The van der Waals surface area contributed by atoms with Crippen molar-refractivity contribution >= 4 is 0 Å². The molecular formula is C16H27N. The molecule has 0 saturated heterocycles. The number of nitriles is 1. The zero-order valence-electron chi connectivity index (χ0n) is 11.9. The molecule has 0 aliphatic heterocycles. The highest BCUT2D eigenvalue weighted by molar-refractivity contribution is 5.11. The van der Waals surface area contributed by atoms with Gasteiger partial charge >= 0.3 is 0 Å². The average molecular weight is 233 g/mol. The number of benzene rings is 1. The number of hydrogen-bond acceptors (Lipinski definition) is 1. The minimum Gasteiger partial charge on any atom is -0.199 e. The fourth-order valence-electron chi connectivity index (χ4n) is 1.21. The van der Waals surface area contributed by atoms with Crippen LogP contribution in [0.3, 0.4) is 0 Å². The first-order chi connectivity index (χ1) is 8.22. The summed E-state index contributed by atoms with van der Waals surface area (Å²) in [6.07, 6.45) is 7.01. The van der Waals surface area contributed by atoms with E-state index in [-0.39, 0.29) is 0 Å². The molecule has 0 fully saturated rings. The molecule has 0 aliphatic carbocycles. The lowest BCUT2D eigenvalue weighted by Crippen LogP contribution is -1.70. The average Bonchev–Trinajstić information content (AvgIpc) is 2.33. The van der Waals surface area contributed by atoms with Crippen LogP contribution in [0.4, 0.5) is 0 Å². The first kappa shape index (κ1) is 18.1. The van der Waals surface area contributed by atoms with E-state index >= 15 is 0 Å². The van der Waals surface area contributed by atoms with E-state index in [1.54, 1.807) is 6.07 Å². The van der Waals surface area contributed by atoms with E-state index in [0.29, 0.717) is 0 Å². The van der Waals surface area contributed by atoms with E-state index in [0.717, 1.165) is 0 Å². The maximum Gasteiger partial charge on any atom is 0.0587 e. The van der Waals surface area contributed by atoms with Crippen molar-refractivity contribution in [2.24, 2.45) is 0 Å². The fraction of sp³-hybridized carbons (Fsp3) is 0.562. The summed E-state index contributed by atoms with van der Waals surface area (Å²) >= 11 is 0. The molecule has 0 radical (unpaired) electrons. The van der Waals surface area contributed by atoms with Crippen LogP contribution in [-0.2, 0) is 0 Å². The molecule has 17 heavy (non-hydrogen) atoms. The Balaban J connectivity index is 0. The fourth-order valence-corrected chi connectivity index (χ4v) is 1.21. The van der Waals surface area contributed by atoms with Gasteiger partial charge in [-0.1, -0.05) is 81.8 Å². The smallest absolute Gasteiger partial charge is 0.0587 e. The Bertz CT molecular complexity index is 255. The largest absolute Gasteiger partial charge is 0.199 e. The Hall–Kier alpha value is -1.29. The molecule has 1 rings (SSSR count). The van der Waals surface area contributed by atoms with Crippen LogP contribution in [-0.4, -0.2) is 0 Å². The number of nitrogens with zero attached hydrogens (tertiary/aromatic N) is 1. The van der Waals surface area contributed by atoms with Crippen LogP contribution in [0.25, 0.3) is 0 Å². The molecule has 0 saturated carbocycles. The zero-order chi connectivity index (χ0) is 13.4. The predicted octanol–water partition coefficient (Wildman–Crippen LogP) is 5.50. The van der Waals surface area contributed by atoms with Crippen LogP contribution < -0.4 is 0 Å². The van der Waals surface area contributed by atoms with Gasteiger partial charge in [-0.25, -0.2) is 0 Å². The van der Waals surface area contributed by atoms with Gasteiger partial charge in [-0.3, -0.25) is 0 Å². The monoisotopic (exact) mass is 233 g/mol. The Kier molecular flexibility index (Phi) is 18.2. The molecule has 0 N–H and O–H groups in total. The number of aryl methyl sites for hydroxylation is 1. The van der Waals surface area contributed by atoms with Crippen molar-refractivity contribution in [3.05, 3.63) is 35.9 Å². The summed E-state index contributed by atoms with van der Waals surface area (Å²) in [5.41, 5.74) is 1.32. The molecule has 1 nitrogen and oxygen atoms in total. The zero-order valence-corrected chi connectivity index (χ0v) is 11.9. The summed E-state index contributed by atoms with van der Waals surface area (Å²) in [6.45, 7) is 8.01. The molecule has 1 heteroatoms. The van der Waals surface area contributed by atoms with Gasteiger partial charge in [-0.2, -0.15) is 5.26 Å².